The number of anilines is 1. The molecule has 1 saturated heterocycles. The number of rotatable bonds is 5. The van der Waals surface area contributed by atoms with E-state index in [2.05, 4.69) is 21.2 Å². The van der Waals surface area contributed by atoms with Crippen molar-refractivity contribution in [1.29, 1.82) is 0 Å². The van der Waals surface area contributed by atoms with Crippen LogP contribution in [0.15, 0.2) is 82.8 Å². The maximum atomic E-state index is 13.1. The summed E-state index contributed by atoms with van der Waals surface area (Å²) in [6.45, 7) is 0.425. The predicted molar refractivity (Wildman–Crippen MR) is 133 cm³/mol. The van der Waals surface area contributed by atoms with E-state index in [4.69, 9.17) is 28.6 Å². The van der Waals surface area contributed by atoms with Gasteiger partial charge in [-0.15, -0.1) is 0 Å². The fourth-order valence-corrected chi connectivity index (χ4v) is 4.03. The number of hydrogen-bond donors (Lipinski definition) is 1. The van der Waals surface area contributed by atoms with Crippen LogP contribution in [-0.2, 0) is 16.2 Å². The van der Waals surface area contributed by atoms with E-state index in [-0.39, 0.29) is 10.7 Å². The molecule has 1 fully saturated rings. The second-order valence-electron chi connectivity index (χ2n) is 6.90. The summed E-state index contributed by atoms with van der Waals surface area (Å²) in [6, 6.07) is 21.8. The first-order chi connectivity index (χ1) is 15.4. The van der Waals surface area contributed by atoms with Crippen molar-refractivity contribution >= 4 is 68.4 Å². The van der Waals surface area contributed by atoms with Gasteiger partial charge in [-0.05, 0) is 81.7 Å². The summed E-state index contributed by atoms with van der Waals surface area (Å²) in [5.74, 6) is -0.410. The van der Waals surface area contributed by atoms with Crippen molar-refractivity contribution in [3.8, 4) is 5.75 Å². The summed E-state index contributed by atoms with van der Waals surface area (Å²) in [5.41, 5.74) is 2.19. The molecule has 1 heterocycles. The highest BCUT2D eigenvalue weighted by atomic mass is 79.9. The molecule has 1 N–H and O–H groups in total. The van der Waals surface area contributed by atoms with E-state index >= 15 is 0 Å². The minimum absolute atomic E-state index is 0.0188. The van der Waals surface area contributed by atoms with Gasteiger partial charge in [-0.2, -0.15) is 0 Å². The topological polar surface area (TPSA) is 58.6 Å². The first kappa shape index (κ1) is 22.2. The number of benzene rings is 3. The number of halogens is 2. The summed E-state index contributed by atoms with van der Waals surface area (Å²) in [5, 5.41) is 3.12. The van der Waals surface area contributed by atoms with E-state index in [1.165, 1.54) is 11.0 Å². The van der Waals surface area contributed by atoms with Gasteiger partial charge in [-0.1, -0.05) is 48.0 Å². The van der Waals surface area contributed by atoms with Gasteiger partial charge >= 0.3 is 0 Å². The molecule has 0 atom stereocenters. The molecule has 1 aliphatic rings. The SMILES string of the molecule is O=C1NC(=S)N(c2ccc(Cl)cc2)C(=O)/C1=C/c1ccc(OCc2ccccc2)c(Br)c1. The van der Waals surface area contributed by atoms with Crippen molar-refractivity contribution in [3.05, 3.63) is 99.0 Å². The molecule has 32 heavy (non-hydrogen) atoms. The third kappa shape index (κ3) is 4.91. The molecule has 1 aliphatic heterocycles. The summed E-state index contributed by atoms with van der Waals surface area (Å²) in [6.07, 6.45) is 1.52. The molecule has 0 unspecified atom stereocenters. The lowest BCUT2D eigenvalue weighted by Crippen LogP contribution is -2.54. The minimum atomic E-state index is -0.550. The normalized spacial score (nSPS) is 15.1. The average molecular weight is 528 g/mol. The Bertz CT molecular complexity index is 1230. The van der Waals surface area contributed by atoms with E-state index in [1.54, 1.807) is 42.5 Å². The van der Waals surface area contributed by atoms with Crippen LogP contribution in [0.4, 0.5) is 5.69 Å². The molecule has 0 radical (unpaired) electrons. The molecule has 5 nitrogen and oxygen atoms in total. The zero-order valence-electron chi connectivity index (χ0n) is 16.5. The number of amides is 2. The van der Waals surface area contributed by atoms with Gasteiger partial charge in [0.25, 0.3) is 11.8 Å². The van der Waals surface area contributed by atoms with E-state index in [0.717, 1.165) is 5.56 Å². The van der Waals surface area contributed by atoms with Crippen molar-refractivity contribution < 1.29 is 14.3 Å². The van der Waals surface area contributed by atoms with Crippen molar-refractivity contribution in [2.75, 3.05) is 4.90 Å². The molecule has 0 saturated carbocycles. The van der Waals surface area contributed by atoms with Crippen molar-refractivity contribution in [2.45, 2.75) is 6.61 Å². The van der Waals surface area contributed by atoms with Crippen LogP contribution in [0.3, 0.4) is 0 Å². The molecule has 0 aromatic heterocycles. The monoisotopic (exact) mass is 526 g/mol. The summed E-state index contributed by atoms with van der Waals surface area (Å²) >= 11 is 14.6. The lowest BCUT2D eigenvalue weighted by Gasteiger charge is -2.29. The summed E-state index contributed by atoms with van der Waals surface area (Å²) < 4.78 is 6.56. The molecule has 3 aromatic carbocycles. The number of nitrogens with zero attached hydrogens (tertiary/aromatic N) is 1. The fourth-order valence-electron chi connectivity index (χ4n) is 3.11. The lowest BCUT2D eigenvalue weighted by atomic mass is 10.1. The zero-order chi connectivity index (χ0) is 22.7. The van der Waals surface area contributed by atoms with Gasteiger partial charge in [-0.3, -0.25) is 19.8 Å². The molecular weight excluding hydrogens is 512 g/mol. The fraction of sp³-hybridized carbons (Fsp3) is 0.0417. The Morgan fingerprint density at radius 2 is 1.75 bits per heavy atom. The second-order valence-corrected chi connectivity index (χ2v) is 8.58. The van der Waals surface area contributed by atoms with Gasteiger partial charge in [-0.25, -0.2) is 0 Å². The van der Waals surface area contributed by atoms with Crippen LogP contribution in [0.25, 0.3) is 6.08 Å². The lowest BCUT2D eigenvalue weighted by molar-refractivity contribution is -0.122. The molecular formula is C24H16BrClN2O3S. The van der Waals surface area contributed by atoms with Crippen molar-refractivity contribution in [3.63, 3.8) is 0 Å². The van der Waals surface area contributed by atoms with Gasteiger partial charge in [0.2, 0.25) is 0 Å². The van der Waals surface area contributed by atoms with Crippen LogP contribution in [-0.4, -0.2) is 16.9 Å². The van der Waals surface area contributed by atoms with E-state index < -0.39 is 11.8 Å². The molecule has 0 bridgehead atoms. The van der Waals surface area contributed by atoms with Crippen LogP contribution >= 0.6 is 39.7 Å². The number of thiocarbonyl (C=S) groups is 1. The first-order valence-electron chi connectivity index (χ1n) is 9.55. The van der Waals surface area contributed by atoms with Crippen LogP contribution in [0.5, 0.6) is 5.75 Å². The van der Waals surface area contributed by atoms with Crippen LogP contribution in [0, 0.1) is 0 Å². The van der Waals surface area contributed by atoms with Crippen LogP contribution in [0.1, 0.15) is 11.1 Å². The molecule has 2 amide bonds. The quantitative estimate of drug-likeness (QED) is 0.270. The Balaban J connectivity index is 1.57. The molecule has 0 spiro atoms. The smallest absolute Gasteiger partial charge is 0.270 e. The third-order valence-electron chi connectivity index (χ3n) is 4.69. The number of ether oxygens (including phenoxy) is 1. The largest absolute Gasteiger partial charge is 0.488 e. The second kappa shape index (κ2) is 9.65. The summed E-state index contributed by atoms with van der Waals surface area (Å²) in [4.78, 5) is 26.8. The van der Waals surface area contributed by atoms with Crippen molar-refractivity contribution in [1.82, 2.24) is 5.32 Å². The number of nitrogens with one attached hydrogen (secondary N) is 1. The van der Waals surface area contributed by atoms with Gasteiger partial charge in [0, 0.05) is 5.02 Å². The highest BCUT2D eigenvalue weighted by Gasteiger charge is 2.34. The molecule has 0 aliphatic carbocycles. The van der Waals surface area contributed by atoms with E-state index in [9.17, 15) is 9.59 Å². The van der Waals surface area contributed by atoms with Gasteiger partial charge in [0.05, 0.1) is 10.2 Å². The first-order valence-corrected chi connectivity index (χ1v) is 11.1. The molecule has 8 heteroatoms. The number of carbonyl (C=O) groups is 2. The Hall–Kier alpha value is -3.00. The molecule has 160 valence electrons. The zero-order valence-corrected chi connectivity index (χ0v) is 19.7. The Kier molecular flexibility index (Phi) is 6.69. The van der Waals surface area contributed by atoms with Crippen molar-refractivity contribution in [2.24, 2.45) is 0 Å². The van der Waals surface area contributed by atoms with E-state index in [1.807, 2.05) is 30.3 Å². The Labute approximate surface area is 203 Å². The molecule has 3 aromatic rings. The van der Waals surface area contributed by atoms with Gasteiger partial charge < -0.3 is 4.74 Å². The van der Waals surface area contributed by atoms with Gasteiger partial charge in [0.15, 0.2) is 5.11 Å². The number of carbonyl (C=O) groups excluding carboxylic acids is 2. The maximum Gasteiger partial charge on any atom is 0.270 e. The minimum Gasteiger partial charge on any atom is -0.488 e. The molecule has 4 rings (SSSR count). The number of hydrogen-bond acceptors (Lipinski definition) is 4. The third-order valence-corrected chi connectivity index (χ3v) is 5.85. The van der Waals surface area contributed by atoms with E-state index in [0.29, 0.717) is 33.1 Å². The maximum absolute atomic E-state index is 13.1. The Morgan fingerprint density at radius 3 is 2.44 bits per heavy atom. The Morgan fingerprint density at radius 1 is 1.03 bits per heavy atom. The van der Waals surface area contributed by atoms with Crippen LogP contribution < -0.4 is 15.0 Å². The summed E-state index contributed by atoms with van der Waals surface area (Å²) in [7, 11) is 0. The van der Waals surface area contributed by atoms with Crippen LogP contribution in [0.2, 0.25) is 5.02 Å². The van der Waals surface area contributed by atoms with Gasteiger partial charge in [0.1, 0.15) is 17.9 Å². The highest BCUT2D eigenvalue weighted by Crippen LogP contribution is 2.29. The predicted octanol–water partition coefficient (Wildman–Crippen LogP) is 5.51. The standard InChI is InChI=1S/C24H16BrClN2O3S/c25-20-13-16(6-11-21(20)31-14-15-4-2-1-3-5-15)12-19-22(29)27-24(32)28(23(19)30)18-9-7-17(26)8-10-18/h1-13H,14H2,(H,27,29,32)/b19-12+. The highest BCUT2D eigenvalue weighted by molar-refractivity contribution is 9.10. The average Bonchev–Trinajstić information content (AvgIpc) is 2.78.